The van der Waals surface area contributed by atoms with Gasteiger partial charge >= 0.3 is 0 Å². The van der Waals surface area contributed by atoms with Crippen LogP contribution in [0.25, 0.3) is 0 Å². The van der Waals surface area contributed by atoms with Gasteiger partial charge < -0.3 is 14.2 Å². The normalized spacial score (nSPS) is 19.2. The van der Waals surface area contributed by atoms with Crippen molar-refractivity contribution in [2.45, 2.75) is 17.9 Å². The van der Waals surface area contributed by atoms with Gasteiger partial charge in [0.1, 0.15) is 11.9 Å². The molecule has 2 aromatic carbocycles. The maximum Gasteiger partial charge on any atom is 0.264 e. The number of benzene rings is 2. The minimum Gasteiger partial charge on any atom is -0.487 e. The Bertz CT molecular complexity index is 865. The summed E-state index contributed by atoms with van der Waals surface area (Å²) in [7, 11) is -3.71. The lowest BCUT2D eigenvalue weighted by Crippen LogP contribution is -2.42. The SMILES string of the molecule is CC1CN(S(=O)(=O)c2ccc3c(c2)OCO3)c2ccccc2O1. The van der Waals surface area contributed by atoms with Crippen molar-refractivity contribution in [2.24, 2.45) is 0 Å². The minimum absolute atomic E-state index is 0.107. The van der Waals surface area contributed by atoms with E-state index in [2.05, 4.69) is 0 Å². The first-order valence-corrected chi connectivity index (χ1v) is 8.68. The predicted molar refractivity (Wildman–Crippen MR) is 83.6 cm³/mol. The summed E-state index contributed by atoms with van der Waals surface area (Å²) in [5, 5.41) is 0. The molecular weight excluding hydrogens is 318 g/mol. The highest BCUT2D eigenvalue weighted by molar-refractivity contribution is 7.92. The molecule has 0 radical (unpaired) electrons. The summed E-state index contributed by atoms with van der Waals surface area (Å²) in [6.45, 7) is 2.21. The molecule has 0 saturated heterocycles. The van der Waals surface area contributed by atoms with Crippen LogP contribution in [0.15, 0.2) is 47.4 Å². The first kappa shape index (κ1) is 14.2. The molecule has 23 heavy (non-hydrogen) atoms. The van der Waals surface area contributed by atoms with Crippen LogP contribution in [0.3, 0.4) is 0 Å². The van der Waals surface area contributed by atoms with Crippen molar-refractivity contribution in [1.82, 2.24) is 0 Å². The molecule has 0 spiro atoms. The largest absolute Gasteiger partial charge is 0.487 e. The van der Waals surface area contributed by atoms with Gasteiger partial charge in [0.05, 0.1) is 17.1 Å². The van der Waals surface area contributed by atoms with E-state index in [9.17, 15) is 8.42 Å². The fraction of sp³-hybridized carbons (Fsp3) is 0.250. The Kier molecular flexibility index (Phi) is 3.12. The van der Waals surface area contributed by atoms with Crippen LogP contribution in [0.2, 0.25) is 0 Å². The molecular formula is C16H15NO5S. The standard InChI is InChI=1S/C16H15NO5S/c1-11-9-17(13-4-2-3-5-14(13)22-11)23(18,19)12-6-7-15-16(8-12)21-10-20-15/h2-8,11H,9-10H2,1H3. The number of hydrogen-bond donors (Lipinski definition) is 0. The smallest absolute Gasteiger partial charge is 0.264 e. The average Bonchev–Trinajstić information content (AvgIpc) is 3.01. The number of sulfonamides is 1. The van der Waals surface area contributed by atoms with Crippen molar-refractivity contribution in [3.63, 3.8) is 0 Å². The number of fused-ring (bicyclic) bond motifs is 2. The number of hydrogen-bond acceptors (Lipinski definition) is 5. The Balaban J connectivity index is 1.80. The summed E-state index contributed by atoms with van der Waals surface area (Å²) >= 11 is 0. The Hall–Kier alpha value is -2.41. The molecule has 4 rings (SSSR count). The Labute approximate surface area is 134 Å². The molecule has 7 heteroatoms. The van der Waals surface area contributed by atoms with E-state index in [1.54, 1.807) is 24.3 Å². The zero-order chi connectivity index (χ0) is 16.0. The highest BCUT2D eigenvalue weighted by Crippen LogP contribution is 2.39. The first-order valence-electron chi connectivity index (χ1n) is 7.24. The second-order valence-electron chi connectivity index (χ2n) is 5.45. The molecule has 1 atom stereocenters. The molecule has 2 aliphatic heterocycles. The first-order chi connectivity index (χ1) is 11.1. The van der Waals surface area contributed by atoms with Gasteiger partial charge in [0, 0.05) is 6.07 Å². The molecule has 0 N–H and O–H groups in total. The zero-order valence-corrected chi connectivity index (χ0v) is 13.2. The number of anilines is 1. The van der Waals surface area contributed by atoms with Crippen molar-refractivity contribution in [3.8, 4) is 17.2 Å². The highest BCUT2D eigenvalue weighted by Gasteiger charge is 2.33. The second kappa shape index (κ2) is 5.06. The van der Waals surface area contributed by atoms with Gasteiger partial charge in [0.25, 0.3) is 10.0 Å². The minimum atomic E-state index is -3.71. The van der Waals surface area contributed by atoms with Gasteiger partial charge in [-0.2, -0.15) is 0 Å². The Morgan fingerprint density at radius 3 is 2.70 bits per heavy atom. The van der Waals surface area contributed by atoms with Gasteiger partial charge in [-0.05, 0) is 31.2 Å². The van der Waals surface area contributed by atoms with E-state index in [1.807, 2.05) is 13.0 Å². The molecule has 2 heterocycles. The van der Waals surface area contributed by atoms with Gasteiger partial charge in [0.2, 0.25) is 6.79 Å². The summed E-state index contributed by atoms with van der Waals surface area (Å²) in [4.78, 5) is 0.172. The van der Waals surface area contributed by atoms with Crippen molar-refractivity contribution in [3.05, 3.63) is 42.5 Å². The fourth-order valence-electron chi connectivity index (χ4n) is 2.74. The molecule has 120 valence electrons. The molecule has 0 bridgehead atoms. The van der Waals surface area contributed by atoms with E-state index >= 15 is 0 Å². The fourth-order valence-corrected chi connectivity index (χ4v) is 4.31. The average molecular weight is 333 g/mol. The van der Waals surface area contributed by atoms with Crippen LogP contribution in [0, 0.1) is 0 Å². The predicted octanol–water partition coefficient (Wildman–Crippen LogP) is 2.39. The molecule has 0 aliphatic carbocycles. The maximum absolute atomic E-state index is 13.1. The van der Waals surface area contributed by atoms with Gasteiger partial charge in [-0.1, -0.05) is 12.1 Å². The van der Waals surface area contributed by atoms with E-state index in [0.29, 0.717) is 22.9 Å². The van der Waals surface area contributed by atoms with Gasteiger partial charge in [-0.15, -0.1) is 0 Å². The summed E-state index contributed by atoms with van der Waals surface area (Å²) in [6.07, 6.45) is -0.228. The summed E-state index contributed by atoms with van der Waals surface area (Å²) < 4.78 is 43.8. The van der Waals surface area contributed by atoms with Gasteiger partial charge in [-0.3, -0.25) is 4.31 Å². The van der Waals surface area contributed by atoms with Crippen LogP contribution < -0.4 is 18.5 Å². The van der Waals surface area contributed by atoms with E-state index in [0.717, 1.165) is 0 Å². The second-order valence-corrected chi connectivity index (χ2v) is 7.31. The van der Waals surface area contributed by atoms with Crippen molar-refractivity contribution in [1.29, 1.82) is 0 Å². The number of nitrogens with zero attached hydrogens (tertiary/aromatic N) is 1. The van der Waals surface area contributed by atoms with Crippen molar-refractivity contribution in [2.75, 3.05) is 17.6 Å². The van der Waals surface area contributed by atoms with Crippen LogP contribution >= 0.6 is 0 Å². The third-order valence-corrected chi connectivity index (χ3v) is 5.59. The topological polar surface area (TPSA) is 65.1 Å². The third kappa shape index (κ3) is 2.28. The van der Waals surface area contributed by atoms with Crippen LogP contribution in [0.1, 0.15) is 6.92 Å². The maximum atomic E-state index is 13.1. The van der Waals surface area contributed by atoms with Gasteiger partial charge in [0.15, 0.2) is 11.5 Å². The number of rotatable bonds is 2. The molecule has 0 amide bonds. The Morgan fingerprint density at radius 1 is 1.04 bits per heavy atom. The number of ether oxygens (including phenoxy) is 3. The highest BCUT2D eigenvalue weighted by atomic mass is 32.2. The van der Waals surface area contributed by atoms with E-state index < -0.39 is 10.0 Å². The zero-order valence-electron chi connectivity index (χ0n) is 12.4. The monoisotopic (exact) mass is 333 g/mol. The van der Waals surface area contributed by atoms with Crippen molar-refractivity contribution < 1.29 is 22.6 Å². The molecule has 2 aliphatic rings. The van der Waals surface area contributed by atoms with Crippen LogP contribution in [0.4, 0.5) is 5.69 Å². The van der Waals surface area contributed by atoms with Crippen LogP contribution in [0.5, 0.6) is 17.2 Å². The lowest BCUT2D eigenvalue weighted by Gasteiger charge is -2.34. The Morgan fingerprint density at radius 2 is 1.83 bits per heavy atom. The van der Waals surface area contributed by atoms with E-state index in [4.69, 9.17) is 14.2 Å². The summed E-state index contributed by atoms with van der Waals surface area (Å²) in [6, 6.07) is 11.8. The number of para-hydroxylation sites is 2. The lowest BCUT2D eigenvalue weighted by molar-refractivity contribution is 0.174. The molecule has 0 saturated carbocycles. The van der Waals surface area contributed by atoms with Crippen LogP contribution in [-0.4, -0.2) is 27.9 Å². The molecule has 6 nitrogen and oxygen atoms in total. The van der Waals surface area contributed by atoms with Crippen molar-refractivity contribution >= 4 is 15.7 Å². The summed E-state index contributed by atoms with van der Waals surface area (Å²) in [5.74, 6) is 1.57. The van der Waals surface area contributed by atoms with Gasteiger partial charge in [-0.25, -0.2) is 8.42 Å². The third-order valence-electron chi connectivity index (χ3n) is 3.82. The van der Waals surface area contributed by atoms with E-state index in [1.165, 1.54) is 16.4 Å². The quantitative estimate of drug-likeness (QED) is 0.844. The lowest BCUT2D eigenvalue weighted by atomic mass is 10.2. The molecule has 1 unspecified atom stereocenters. The van der Waals surface area contributed by atoms with Crippen LogP contribution in [-0.2, 0) is 10.0 Å². The molecule has 0 fully saturated rings. The molecule has 0 aromatic heterocycles. The summed E-state index contributed by atoms with van der Waals surface area (Å²) in [5.41, 5.74) is 0.545. The molecule has 2 aromatic rings. The van der Waals surface area contributed by atoms with E-state index in [-0.39, 0.29) is 24.3 Å².